The largest absolute Gasteiger partial charge is 0.453 e. The van der Waals surface area contributed by atoms with Crippen LogP contribution in [-0.2, 0) is 4.74 Å². The van der Waals surface area contributed by atoms with Crippen molar-refractivity contribution in [3.63, 3.8) is 0 Å². The highest BCUT2D eigenvalue weighted by molar-refractivity contribution is 6.11. The van der Waals surface area contributed by atoms with Crippen molar-refractivity contribution in [1.82, 2.24) is 10.2 Å². The van der Waals surface area contributed by atoms with Crippen LogP contribution in [0.15, 0.2) is 48.5 Å². The lowest BCUT2D eigenvalue weighted by atomic mass is 10.2. The molecule has 1 heterocycles. The standard InChI is InChI=1S/C16H14N4O3/c1-23-16(22)18-11-6-4-5-10(9-11)17-15(21)14-12-7-2-3-8-13(12)19-20-14/h2-9H,1H3,(H,17,21)(H,18,22)(H,19,20). The van der Waals surface area contributed by atoms with Gasteiger partial charge in [-0.1, -0.05) is 24.3 Å². The number of aromatic nitrogens is 2. The van der Waals surface area contributed by atoms with E-state index >= 15 is 0 Å². The topological polar surface area (TPSA) is 96.1 Å². The molecule has 0 fully saturated rings. The van der Waals surface area contributed by atoms with E-state index < -0.39 is 6.09 Å². The fourth-order valence-electron chi connectivity index (χ4n) is 2.17. The molecular formula is C16H14N4O3. The number of nitrogens with one attached hydrogen (secondary N) is 3. The number of nitrogens with zero attached hydrogens (tertiary/aromatic N) is 1. The van der Waals surface area contributed by atoms with Crippen molar-refractivity contribution >= 4 is 34.3 Å². The van der Waals surface area contributed by atoms with Gasteiger partial charge in [-0.15, -0.1) is 0 Å². The van der Waals surface area contributed by atoms with Gasteiger partial charge >= 0.3 is 6.09 Å². The van der Waals surface area contributed by atoms with Crippen LogP contribution >= 0.6 is 0 Å². The number of hydrogen-bond donors (Lipinski definition) is 3. The molecule has 0 saturated carbocycles. The summed E-state index contributed by atoms with van der Waals surface area (Å²) in [5.74, 6) is -0.335. The molecular weight excluding hydrogens is 296 g/mol. The number of aromatic amines is 1. The van der Waals surface area contributed by atoms with Crippen LogP contribution in [0.2, 0.25) is 0 Å². The van der Waals surface area contributed by atoms with Gasteiger partial charge in [-0.05, 0) is 24.3 Å². The van der Waals surface area contributed by atoms with Crippen LogP contribution < -0.4 is 10.6 Å². The van der Waals surface area contributed by atoms with E-state index in [-0.39, 0.29) is 5.91 Å². The molecule has 0 aliphatic heterocycles. The maximum absolute atomic E-state index is 12.4. The van der Waals surface area contributed by atoms with Gasteiger partial charge in [0.05, 0.1) is 12.6 Å². The van der Waals surface area contributed by atoms with Crippen LogP contribution in [-0.4, -0.2) is 29.3 Å². The molecule has 0 bridgehead atoms. The maximum atomic E-state index is 12.4. The first kappa shape index (κ1) is 14.6. The number of hydrogen-bond acceptors (Lipinski definition) is 4. The van der Waals surface area contributed by atoms with Crippen molar-refractivity contribution in [2.24, 2.45) is 0 Å². The summed E-state index contributed by atoms with van der Waals surface area (Å²) in [7, 11) is 1.28. The van der Waals surface area contributed by atoms with Gasteiger partial charge in [-0.2, -0.15) is 5.10 Å². The predicted molar refractivity (Wildman–Crippen MR) is 86.5 cm³/mol. The summed E-state index contributed by atoms with van der Waals surface area (Å²) < 4.78 is 4.53. The van der Waals surface area contributed by atoms with Crippen LogP contribution in [0.5, 0.6) is 0 Å². The number of fused-ring (bicyclic) bond motifs is 1. The molecule has 0 atom stereocenters. The molecule has 23 heavy (non-hydrogen) atoms. The second kappa shape index (κ2) is 6.18. The normalized spacial score (nSPS) is 10.3. The van der Waals surface area contributed by atoms with E-state index in [1.165, 1.54) is 7.11 Å². The van der Waals surface area contributed by atoms with Gasteiger partial charge < -0.3 is 10.1 Å². The van der Waals surface area contributed by atoms with Crippen molar-refractivity contribution in [1.29, 1.82) is 0 Å². The average Bonchev–Trinajstić information content (AvgIpc) is 2.99. The third-order valence-electron chi connectivity index (χ3n) is 3.24. The van der Waals surface area contributed by atoms with E-state index in [9.17, 15) is 9.59 Å². The monoisotopic (exact) mass is 310 g/mol. The highest BCUT2D eigenvalue weighted by Crippen LogP contribution is 2.19. The van der Waals surface area contributed by atoms with E-state index in [1.54, 1.807) is 24.3 Å². The minimum Gasteiger partial charge on any atom is -0.453 e. The zero-order valence-corrected chi connectivity index (χ0v) is 12.3. The van der Waals surface area contributed by atoms with Crippen molar-refractivity contribution in [3.8, 4) is 0 Å². The number of carbonyl (C=O) groups is 2. The molecule has 2 amide bonds. The van der Waals surface area contributed by atoms with Crippen LogP contribution in [0.1, 0.15) is 10.5 Å². The zero-order valence-electron chi connectivity index (χ0n) is 12.3. The minimum atomic E-state index is -0.577. The lowest BCUT2D eigenvalue weighted by Gasteiger charge is -2.07. The van der Waals surface area contributed by atoms with E-state index in [4.69, 9.17) is 0 Å². The molecule has 0 spiro atoms. The molecule has 0 saturated heterocycles. The first-order valence-corrected chi connectivity index (χ1v) is 6.87. The molecule has 0 radical (unpaired) electrons. The number of anilines is 2. The van der Waals surface area contributed by atoms with Crippen LogP contribution in [0.3, 0.4) is 0 Å². The van der Waals surface area contributed by atoms with E-state index in [2.05, 4.69) is 25.6 Å². The van der Waals surface area contributed by atoms with Gasteiger partial charge in [0.25, 0.3) is 5.91 Å². The van der Waals surface area contributed by atoms with Gasteiger partial charge in [0.1, 0.15) is 0 Å². The second-order valence-electron chi connectivity index (χ2n) is 4.77. The van der Waals surface area contributed by atoms with Gasteiger partial charge in [0.2, 0.25) is 0 Å². The molecule has 2 aromatic carbocycles. The fourth-order valence-corrected chi connectivity index (χ4v) is 2.17. The summed E-state index contributed by atoms with van der Waals surface area (Å²) in [6.45, 7) is 0. The quantitative estimate of drug-likeness (QED) is 0.693. The Balaban J connectivity index is 1.80. The first-order chi connectivity index (χ1) is 11.2. The fraction of sp³-hybridized carbons (Fsp3) is 0.0625. The van der Waals surface area contributed by atoms with Crippen LogP contribution in [0.25, 0.3) is 10.9 Å². The van der Waals surface area contributed by atoms with E-state index in [0.717, 1.165) is 10.9 Å². The number of H-pyrrole nitrogens is 1. The Bertz CT molecular complexity index is 872. The third kappa shape index (κ3) is 3.13. The Labute approximate surface area is 131 Å². The number of para-hydroxylation sites is 1. The number of ether oxygens (including phenoxy) is 1. The van der Waals surface area contributed by atoms with E-state index in [0.29, 0.717) is 17.1 Å². The lowest BCUT2D eigenvalue weighted by Crippen LogP contribution is -2.14. The smallest absolute Gasteiger partial charge is 0.411 e. The Morgan fingerprint density at radius 1 is 1.04 bits per heavy atom. The first-order valence-electron chi connectivity index (χ1n) is 6.87. The molecule has 0 aliphatic rings. The Morgan fingerprint density at radius 3 is 2.57 bits per heavy atom. The number of rotatable bonds is 3. The summed E-state index contributed by atoms with van der Waals surface area (Å²) in [6.07, 6.45) is -0.577. The molecule has 3 rings (SSSR count). The van der Waals surface area contributed by atoms with Crippen molar-refractivity contribution in [2.75, 3.05) is 17.7 Å². The molecule has 1 aromatic heterocycles. The average molecular weight is 310 g/mol. The molecule has 7 nitrogen and oxygen atoms in total. The van der Waals surface area contributed by atoms with Crippen molar-refractivity contribution < 1.29 is 14.3 Å². The summed E-state index contributed by atoms with van der Waals surface area (Å²) >= 11 is 0. The lowest BCUT2D eigenvalue weighted by molar-refractivity contribution is 0.102. The van der Waals surface area contributed by atoms with Crippen molar-refractivity contribution in [2.45, 2.75) is 0 Å². The van der Waals surface area contributed by atoms with Gasteiger partial charge in [0, 0.05) is 16.8 Å². The summed E-state index contributed by atoms with van der Waals surface area (Å²) in [6, 6.07) is 14.1. The molecule has 0 unspecified atom stereocenters. The summed E-state index contributed by atoms with van der Waals surface area (Å²) in [4.78, 5) is 23.6. The number of methoxy groups -OCH3 is 1. The van der Waals surface area contributed by atoms with E-state index in [1.807, 2.05) is 24.3 Å². The second-order valence-corrected chi connectivity index (χ2v) is 4.77. The molecule has 3 aromatic rings. The third-order valence-corrected chi connectivity index (χ3v) is 3.24. The summed E-state index contributed by atoms with van der Waals surface area (Å²) in [5.41, 5.74) is 2.16. The SMILES string of the molecule is COC(=O)Nc1cccc(NC(=O)c2n[nH]c3ccccc23)c1. The minimum absolute atomic E-state index is 0.312. The molecule has 7 heteroatoms. The number of carbonyl (C=O) groups excluding carboxylic acids is 2. The zero-order chi connectivity index (χ0) is 16.2. The highest BCUT2D eigenvalue weighted by atomic mass is 16.5. The Kier molecular flexibility index (Phi) is 3.92. The number of benzene rings is 2. The molecule has 116 valence electrons. The summed E-state index contributed by atoms with van der Waals surface area (Å²) in [5, 5.41) is 12.9. The van der Waals surface area contributed by atoms with Gasteiger partial charge in [-0.25, -0.2) is 4.79 Å². The Hall–Kier alpha value is -3.35. The van der Waals surface area contributed by atoms with Gasteiger partial charge in [0.15, 0.2) is 5.69 Å². The van der Waals surface area contributed by atoms with Crippen molar-refractivity contribution in [3.05, 3.63) is 54.2 Å². The highest BCUT2D eigenvalue weighted by Gasteiger charge is 2.14. The number of amides is 2. The van der Waals surface area contributed by atoms with Crippen LogP contribution in [0, 0.1) is 0 Å². The maximum Gasteiger partial charge on any atom is 0.411 e. The van der Waals surface area contributed by atoms with Gasteiger partial charge in [-0.3, -0.25) is 15.2 Å². The predicted octanol–water partition coefficient (Wildman–Crippen LogP) is 2.99. The molecule has 3 N–H and O–H groups in total. The molecule has 0 aliphatic carbocycles. The van der Waals surface area contributed by atoms with Crippen LogP contribution in [0.4, 0.5) is 16.2 Å². The Morgan fingerprint density at radius 2 is 1.78 bits per heavy atom.